The number of nitrogens with one attached hydrogen (secondary N) is 1. The van der Waals surface area contributed by atoms with Gasteiger partial charge in [0, 0.05) is 17.3 Å². The number of nitro groups is 1. The Kier molecular flexibility index (Phi) is 4.68. The first-order valence-electron chi connectivity index (χ1n) is 6.22. The lowest BCUT2D eigenvalue weighted by atomic mass is 10.1. The third kappa shape index (κ3) is 3.54. The van der Waals surface area contributed by atoms with Crippen LogP contribution in [-0.2, 0) is 13.0 Å². The van der Waals surface area contributed by atoms with E-state index in [9.17, 15) is 10.1 Å². The highest BCUT2D eigenvalue weighted by Gasteiger charge is 2.12. The standard InChI is InChI=1S/C14H14BrN3O2/c1-2-10-6-7-11(8-13(10)18(19)20)16-9-12-4-3-5-14(15)17-12/h3-8,16H,2,9H2,1H3. The van der Waals surface area contributed by atoms with Crippen LogP contribution in [0.1, 0.15) is 18.2 Å². The van der Waals surface area contributed by atoms with Crippen LogP contribution in [0.2, 0.25) is 0 Å². The van der Waals surface area contributed by atoms with Crippen molar-refractivity contribution in [1.82, 2.24) is 4.98 Å². The number of anilines is 1. The number of hydrogen-bond donors (Lipinski definition) is 1. The smallest absolute Gasteiger partial charge is 0.274 e. The highest BCUT2D eigenvalue weighted by Crippen LogP contribution is 2.24. The van der Waals surface area contributed by atoms with Gasteiger partial charge in [0.05, 0.1) is 17.2 Å². The molecule has 1 N–H and O–H groups in total. The summed E-state index contributed by atoms with van der Waals surface area (Å²) in [6, 6.07) is 10.9. The molecule has 1 aromatic heterocycles. The molecule has 6 heteroatoms. The van der Waals surface area contributed by atoms with Crippen LogP contribution in [0.3, 0.4) is 0 Å². The molecule has 20 heavy (non-hydrogen) atoms. The molecule has 0 unspecified atom stereocenters. The number of nitrogens with zero attached hydrogens (tertiary/aromatic N) is 2. The van der Waals surface area contributed by atoms with Gasteiger partial charge in [0.15, 0.2) is 0 Å². The van der Waals surface area contributed by atoms with Gasteiger partial charge in [-0.25, -0.2) is 4.98 Å². The maximum atomic E-state index is 11.0. The zero-order chi connectivity index (χ0) is 14.5. The molecular formula is C14H14BrN3O2. The highest BCUT2D eigenvalue weighted by molar-refractivity contribution is 9.10. The van der Waals surface area contributed by atoms with Crippen LogP contribution >= 0.6 is 15.9 Å². The Hall–Kier alpha value is -1.95. The van der Waals surface area contributed by atoms with Crippen LogP contribution < -0.4 is 5.32 Å². The van der Waals surface area contributed by atoms with Crippen molar-refractivity contribution >= 4 is 27.3 Å². The van der Waals surface area contributed by atoms with Crippen molar-refractivity contribution in [2.45, 2.75) is 19.9 Å². The summed E-state index contributed by atoms with van der Waals surface area (Å²) in [6.07, 6.45) is 0.643. The zero-order valence-electron chi connectivity index (χ0n) is 11.0. The van der Waals surface area contributed by atoms with E-state index in [1.807, 2.05) is 31.2 Å². The Morgan fingerprint density at radius 2 is 2.15 bits per heavy atom. The largest absolute Gasteiger partial charge is 0.379 e. The molecular weight excluding hydrogens is 322 g/mol. The van der Waals surface area contributed by atoms with Crippen molar-refractivity contribution < 1.29 is 4.92 Å². The maximum Gasteiger partial charge on any atom is 0.274 e. The second-order valence-electron chi connectivity index (χ2n) is 4.26. The molecule has 0 saturated heterocycles. The van der Waals surface area contributed by atoms with Crippen LogP contribution in [0, 0.1) is 10.1 Å². The molecule has 0 atom stereocenters. The minimum absolute atomic E-state index is 0.153. The summed E-state index contributed by atoms with van der Waals surface area (Å²) in [4.78, 5) is 15.0. The molecule has 0 bridgehead atoms. The number of aromatic nitrogens is 1. The summed E-state index contributed by atoms with van der Waals surface area (Å²) in [7, 11) is 0. The van der Waals surface area contributed by atoms with E-state index < -0.39 is 0 Å². The summed E-state index contributed by atoms with van der Waals surface area (Å²) >= 11 is 3.31. The van der Waals surface area contributed by atoms with Gasteiger partial charge in [-0.05, 0) is 40.5 Å². The summed E-state index contributed by atoms with van der Waals surface area (Å²) in [6.45, 7) is 2.42. The van der Waals surface area contributed by atoms with E-state index in [0.29, 0.717) is 13.0 Å². The summed E-state index contributed by atoms with van der Waals surface area (Å²) in [5.74, 6) is 0. The molecule has 0 aliphatic rings. The quantitative estimate of drug-likeness (QED) is 0.510. The second-order valence-corrected chi connectivity index (χ2v) is 5.07. The Morgan fingerprint density at radius 3 is 2.80 bits per heavy atom. The number of hydrogen-bond acceptors (Lipinski definition) is 4. The molecule has 0 aliphatic heterocycles. The van der Waals surface area contributed by atoms with Crippen molar-refractivity contribution in [2.24, 2.45) is 0 Å². The van der Waals surface area contributed by atoms with Gasteiger partial charge in [-0.15, -0.1) is 0 Å². The molecule has 5 nitrogen and oxygen atoms in total. The van der Waals surface area contributed by atoms with Gasteiger partial charge in [0.1, 0.15) is 4.60 Å². The summed E-state index contributed by atoms with van der Waals surface area (Å²) < 4.78 is 0.768. The fraction of sp³-hybridized carbons (Fsp3) is 0.214. The van der Waals surface area contributed by atoms with Crippen LogP contribution in [0.4, 0.5) is 11.4 Å². The number of nitro benzene ring substituents is 1. The zero-order valence-corrected chi connectivity index (χ0v) is 12.6. The molecule has 2 aromatic rings. The topological polar surface area (TPSA) is 68.1 Å². The molecule has 104 valence electrons. The molecule has 0 fully saturated rings. The molecule has 0 amide bonds. The lowest BCUT2D eigenvalue weighted by Gasteiger charge is -2.08. The number of benzene rings is 1. The molecule has 0 aliphatic carbocycles. The van der Waals surface area contributed by atoms with E-state index in [1.54, 1.807) is 12.1 Å². The lowest BCUT2D eigenvalue weighted by molar-refractivity contribution is -0.385. The molecule has 2 rings (SSSR count). The van der Waals surface area contributed by atoms with Gasteiger partial charge in [0.25, 0.3) is 5.69 Å². The first-order valence-corrected chi connectivity index (χ1v) is 7.02. The van der Waals surface area contributed by atoms with Crippen molar-refractivity contribution in [3.05, 3.63) is 62.4 Å². The normalized spacial score (nSPS) is 10.3. The monoisotopic (exact) mass is 335 g/mol. The van der Waals surface area contributed by atoms with Crippen molar-refractivity contribution in [3.8, 4) is 0 Å². The Morgan fingerprint density at radius 1 is 1.35 bits per heavy atom. The molecule has 1 heterocycles. The summed E-state index contributed by atoms with van der Waals surface area (Å²) in [5, 5.41) is 14.2. The minimum Gasteiger partial charge on any atom is -0.379 e. The first kappa shape index (κ1) is 14.5. The van der Waals surface area contributed by atoms with E-state index in [1.165, 1.54) is 0 Å². The van der Waals surface area contributed by atoms with Gasteiger partial charge in [0.2, 0.25) is 0 Å². The molecule has 0 radical (unpaired) electrons. The third-order valence-corrected chi connectivity index (χ3v) is 3.35. The average molecular weight is 336 g/mol. The SMILES string of the molecule is CCc1ccc(NCc2cccc(Br)n2)cc1[N+](=O)[O-]. The van der Waals surface area contributed by atoms with Crippen molar-refractivity contribution in [2.75, 3.05) is 5.32 Å². The Balaban J connectivity index is 2.14. The van der Waals surface area contributed by atoms with Gasteiger partial charge >= 0.3 is 0 Å². The average Bonchev–Trinajstić information content (AvgIpc) is 2.45. The Bertz CT molecular complexity index is 632. The van der Waals surface area contributed by atoms with Crippen LogP contribution in [0.5, 0.6) is 0 Å². The number of pyridine rings is 1. The van der Waals surface area contributed by atoms with E-state index in [4.69, 9.17) is 0 Å². The molecule has 1 aromatic carbocycles. The number of aryl methyl sites for hydroxylation is 1. The fourth-order valence-electron chi connectivity index (χ4n) is 1.88. The highest BCUT2D eigenvalue weighted by atomic mass is 79.9. The van der Waals surface area contributed by atoms with Crippen LogP contribution in [0.25, 0.3) is 0 Å². The summed E-state index contributed by atoms with van der Waals surface area (Å²) in [5.41, 5.74) is 2.47. The third-order valence-electron chi connectivity index (χ3n) is 2.91. The molecule has 0 saturated carbocycles. The van der Waals surface area contributed by atoms with Crippen LogP contribution in [0.15, 0.2) is 41.0 Å². The maximum absolute atomic E-state index is 11.0. The van der Waals surface area contributed by atoms with E-state index in [-0.39, 0.29) is 10.6 Å². The van der Waals surface area contributed by atoms with Gasteiger partial charge in [-0.2, -0.15) is 0 Å². The Labute approximate surface area is 125 Å². The fourth-order valence-corrected chi connectivity index (χ4v) is 2.26. The predicted molar refractivity (Wildman–Crippen MR) is 81.7 cm³/mol. The van der Waals surface area contributed by atoms with E-state index >= 15 is 0 Å². The lowest BCUT2D eigenvalue weighted by Crippen LogP contribution is -2.03. The first-order chi connectivity index (χ1) is 9.60. The van der Waals surface area contributed by atoms with E-state index in [0.717, 1.165) is 21.5 Å². The number of rotatable bonds is 5. The van der Waals surface area contributed by atoms with Crippen LogP contribution in [-0.4, -0.2) is 9.91 Å². The molecule has 0 spiro atoms. The van der Waals surface area contributed by atoms with Crippen molar-refractivity contribution in [3.63, 3.8) is 0 Å². The second kappa shape index (κ2) is 6.47. The van der Waals surface area contributed by atoms with Crippen molar-refractivity contribution in [1.29, 1.82) is 0 Å². The van der Waals surface area contributed by atoms with Gasteiger partial charge < -0.3 is 5.32 Å². The predicted octanol–water partition coefficient (Wildman–Crippen LogP) is 3.93. The van der Waals surface area contributed by atoms with Gasteiger partial charge in [-0.1, -0.05) is 19.1 Å². The van der Waals surface area contributed by atoms with E-state index in [2.05, 4.69) is 26.2 Å². The minimum atomic E-state index is -0.346. The number of halogens is 1. The van der Waals surface area contributed by atoms with Gasteiger partial charge in [-0.3, -0.25) is 10.1 Å².